The molecular formula is C12H15BrF3N. The number of hydrogen-bond donors (Lipinski definition) is 1. The van der Waals surface area contributed by atoms with Crippen LogP contribution in [0.25, 0.3) is 0 Å². The van der Waals surface area contributed by atoms with Gasteiger partial charge >= 0.3 is 6.18 Å². The molecule has 0 saturated heterocycles. The Morgan fingerprint density at radius 3 is 2.53 bits per heavy atom. The van der Waals surface area contributed by atoms with Gasteiger partial charge < -0.3 is 5.32 Å². The zero-order valence-electron chi connectivity index (χ0n) is 9.74. The van der Waals surface area contributed by atoms with Crippen LogP contribution in [-0.4, -0.2) is 13.2 Å². The lowest BCUT2D eigenvalue weighted by molar-refractivity contribution is -0.136. The first-order chi connectivity index (χ1) is 7.83. The predicted molar refractivity (Wildman–Crippen MR) is 66.0 cm³/mol. The van der Waals surface area contributed by atoms with E-state index in [2.05, 4.69) is 21.2 Å². The second-order valence-corrected chi connectivity index (χ2v) is 4.91. The highest BCUT2D eigenvalue weighted by Crippen LogP contribution is 2.30. The van der Waals surface area contributed by atoms with Gasteiger partial charge in [-0.1, -0.05) is 22.0 Å². The molecule has 96 valence electrons. The Kier molecular flexibility index (Phi) is 5.01. The van der Waals surface area contributed by atoms with E-state index in [9.17, 15) is 13.2 Å². The van der Waals surface area contributed by atoms with E-state index in [0.717, 1.165) is 15.6 Å². The maximum Gasteiger partial charge on any atom is 0.389 e. The molecule has 0 spiro atoms. The Bertz CT molecular complexity index is 377. The minimum Gasteiger partial charge on any atom is -0.313 e. The number of benzene rings is 1. The largest absolute Gasteiger partial charge is 0.389 e. The summed E-state index contributed by atoms with van der Waals surface area (Å²) in [6.45, 7) is 1.90. The van der Waals surface area contributed by atoms with Crippen molar-refractivity contribution < 1.29 is 13.2 Å². The molecule has 0 amide bonds. The average molecular weight is 310 g/mol. The van der Waals surface area contributed by atoms with Crippen LogP contribution in [0.1, 0.15) is 30.0 Å². The summed E-state index contributed by atoms with van der Waals surface area (Å²) in [4.78, 5) is 0. The van der Waals surface area contributed by atoms with Crippen molar-refractivity contribution in [3.05, 3.63) is 33.8 Å². The molecule has 0 heterocycles. The first kappa shape index (κ1) is 14.5. The molecule has 17 heavy (non-hydrogen) atoms. The highest BCUT2D eigenvalue weighted by Gasteiger charge is 2.28. The van der Waals surface area contributed by atoms with Gasteiger partial charge in [0.1, 0.15) is 0 Å². The number of nitrogens with one attached hydrogen (secondary N) is 1. The molecule has 1 atom stereocenters. The lowest BCUT2D eigenvalue weighted by atomic mass is 9.97. The van der Waals surface area contributed by atoms with Gasteiger partial charge in [-0.15, -0.1) is 0 Å². The third-order valence-electron chi connectivity index (χ3n) is 2.68. The second-order valence-electron chi connectivity index (χ2n) is 4.00. The van der Waals surface area contributed by atoms with E-state index in [4.69, 9.17) is 0 Å². The fourth-order valence-corrected chi connectivity index (χ4v) is 2.13. The first-order valence-corrected chi connectivity index (χ1v) is 6.13. The number of hydrogen-bond acceptors (Lipinski definition) is 1. The highest BCUT2D eigenvalue weighted by molar-refractivity contribution is 9.10. The van der Waals surface area contributed by atoms with Gasteiger partial charge in [-0.2, -0.15) is 13.2 Å². The monoisotopic (exact) mass is 309 g/mol. The van der Waals surface area contributed by atoms with Crippen molar-refractivity contribution in [3.63, 3.8) is 0 Å². The molecule has 0 aliphatic heterocycles. The Balaban J connectivity index is 2.82. The highest BCUT2D eigenvalue weighted by atomic mass is 79.9. The molecule has 1 nitrogen and oxygen atoms in total. The molecule has 0 aliphatic rings. The summed E-state index contributed by atoms with van der Waals surface area (Å²) in [5.41, 5.74) is 1.90. The quantitative estimate of drug-likeness (QED) is 0.871. The SMILES string of the molecule is CNC(CCC(F)(F)F)c1cc(Br)ccc1C. The Hall–Kier alpha value is -0.550. The normalized spacial score (nSPS) is 13.8. The van der Waals surface area contributed by atoms with Crippen LogP contribution >= 0.6 is 15.9 Å². The van der Waals surface area contributed by atoms with Crippen LogP contribution in [-0.2, 0) is 0 Å². The minimum atomic E-state index is -4.10. The lowest BCUT2D eigenvalue weighted by Crippen LogP contribution is -2.20. The van der Waals surface area contributed by atoms with E-state index in [-0.39, 0.29) is 12.5 Å². The van der Waals surface area contributed by atoms with Crippen molar-refractivity contribution in [3.8, 4) is 0 Å². The van der Waals surface area contributed by atoms with Gasteiger partial charge in [-0.25, -0.2) is 0 Å². The summed E-state index contributed by atoms with van der Waals surface area (Å²) < 4.78 is 37.5. The lowest BCUT2D eigenvalue weighted by Gasteiger charge is -2.20. The van der Waals surface area contributed by atoms with Crippen LogP contribution in [0.4, 0.5) is 13.2 Å². The van der Waals surface area contributed by atoms with Crippen LogP contribution in [0.2, 0.25) is 0 Å². The molecule has 0 aliphatic carbocycles. The van der Waals surface area contributed by atoms with E-state index in [1.165, 1.54) is 0 Å². The Morgan fingerprint density at radius 2 is 2.00 bits per heavy atom. The molecule has 0 saturated carbocycles. The van der Waals surface area contributed by atoms with Crippen molar-refractivity contribution >= 4 is 15.9 Å². The molecule has 1 aromatic carbocycles. The van der Waals surface area contributed by atoms with Crippen LogP contribution in [0.5, 0.6) is 0 Å². The molecule has 1 rings (SSSR count). The molecule has 1 unspecified atom stereocenters. The average Bonchev–Trinajstić information content (AvgIpc) is 2.22. The second kappa shape index (κ2) is 5.87. The predicted octanol–water partition coefficient (Wildman–Crippen LogP) is 4.36. The molecule has 1 N–H and O–H groups in total. The summed E-state index contributed by atoms with van der Waals surface area (Å²) in [6, 6.07) is 5.38. The number of halogens is 4. The van der Waals surface area contributed by atoms with Gasteiger partial charge in [0.15, 0.2) is 0 Å². The van der Waals surface area contributed by atoms with E-state index < -0.39 is 12.6 Å². The first-order valence-electron chi connectivity index (χ1n) is 5.33. The van der Waals surface area contributed by atoms with E-state index in [0.29, 0.717) is 0 Å². The molecule has 5 heteroatoms. The van der Waals surface area contributed by atoms with E-state index in [1.54, 1.807) is 7.05 Å². The van der Waals surface area contributed by atoms with Crippen molar-refractivity contribution in [1.29, 1.82) is 0 Å². The van der Waals surface area contributed by atoms with Gasteiger partial charge in [0.2, 0.25) is 0 Å². The molecular weight excluding hydrogens is 295 g/mol. The summed E-state index contributed by atoms with van der Waals surface area (Å²) in [7, 11) is 1.68. The molecule has 1 aromatic rings. The topological polar surface area (TPSA) is 12.0 Å². The van der Waals surface area contributed by atoms with Crippen molar-refractivity contribution in [2.24, 2.45) is 0 Å². The van der Waals surface area contributed by atoms with Crippen molar-refractivity contribution in [1.82, 2.24) is 5.32 Å². The minimum absolute atomic E-state index is 0.0529. The standard InChI is InChI=1S/C12H15BrF3N/c1-8-3-4-9(13)7-10(8)11(17-2)5-6-12(14,15)16/h3-4,7,11,17H,5-6H2,1-2H3. The van der Waals surface area contributed by atoms with Gasteiger partial charge in [-0.05, 0) is 43.7 Å². The number of aryl methyl sites for hydroxylation is 1. The van der Waals surface area contributed by atoms with E-state index >= 15 is 0 Å². The molecule has 0 fully saturated rings. The third-order valence-corrected chi connectivity index (χ3v) is 3.17. The Labute approximate surface area is 108 Å². The summed E-state index contributed by atoms with van der Waals surface area (Å²) in [5, 5.41) is 2.94. The summed E-state index contributed by atoms with van der Waals surface area (Å²) in [5.74, 6) is 0. The number of alkyl halides is 3. The fraction of sp³-hybridized carbons (Fsp3) is 0.500. The summed E-state index contributed by atoms with van der Waals surface area (Å²) >= 11 is 3.33. The van der Waals surface area contributed by atoms with Crippen LogP contribution in [0, 0.1) is 6.92 Å². The van der Waals surface area contributed by atoms with Crippen molar-refractivity contribution in [2.75, 3.05) is 7.05 Å². The third kappa shape index (κ3) is 4.68. The Morgan fingerprint density at radius 1 is 1.35 bits per heavy atom. The van der Waals surface area contributed by atoms with Gasteiger partial charge in [0.25, 0.3) is 0 Å². The fourth-order valence-electron chi connectivity index (χ4n) is 1.75. The smallest absolute Gasteiger partial charge is 0.313 e. The summed E-state index contributed by atoms with van der Waals surface area (Å²) in [6.07, 6.45) is -4.82. The van der Waals surface area contributed by atoms with Crippen LogP contribution in [0.15, 0.2) is 22.7 Å². The van der Waals surface area contributed by atoms with E-state index in [1.807, 2.05) is 25.1 Å². The van der Waals surface area contributed by atoms with Gasteiger partial charge in [0, 0.05) is 16.9 Å². The molecule has 0 bridgehead atoms. The van der Waals surface area contributed by atoms with Crippen LogP contribution < -0.4 is 5.32 Å². The zero-order chi connectivity index (χ0) is 13.1. The van der Waals surface area contributed by atoms with Gasteiger partial charge in [0.05, 0.1) is 0 Å². The molecule has 0 radical (unpaired) electrons. The maximum absolute atomic E-state index is 12.2. The maximum atomic E-state index is 12.2. The van der Waals surface area contributed by atoms with Crippen LogP contribution in [0.3, 0.4) is 0 Å². The van der Waals surface area contributed by atoms with Gasteiger partial charge in [-0.3, -0.25) is 0 Å². The zero-order valence-corrected chi connectivity index (χ0v) is 11.3. The molecule has 0 aromatic heterocycles. The van der Waals surface area contributed by atoms with Crippen molar-refractivity contribution in [2.45, 2.75) is 32.0 Å². The number of rotatable bonds is 4.